The molecule has 16 heavy (non-hydrogen) atoms. The summed E-state index contributed by atoms with van der Waals surface area (Å²) in [5, 5.41) is 2.46. The molecule has 0 fully saturated rings. The molecule has 1 rings (SSSR count). The molecule has 0 spiro atoms. The van der Waals surface area contributed by atoms with Crippen molar-refractivity contribution in [1.29, 1.82) is 0 Å². The number of nitrogens with one attached hydrogen (secondary N) is 1. The van der Waals surface area contributed by atoms with Crippen LogP contribution in [0.2, 0.25) is 0 Å². The van der Waals surface area contributed by atoms with Crippen molar-refractivity contribution in [2.24, 2.45) is 0 Å². The van der Waals surface area contributed by atoms with E-state index >= 15 is 0 Å². The van der Waals surface area contributed by atoms with Crippen molar-refractivity contribution in [1.82, 2.24) is 15.2 Å². The number of amides is 2. The fourth-order valence-electron chi connectivity index (χ4n) is 1.16. The van der Waals surface area contributed by atoms with E-state index < -0.39 is 0 Å². The number of hydrogen-bond donors (Lipinski definition) is 1. The summed E-state index contributed by atoms with van der Waals surface area (Å²) in [6.07, 6.45) is 1.68. The average Bonchev–Trinajstić information content (AvgIpc) is 2.27. The molecule has 0 aliphatic rings. The van der Waals surface area contributed by atoms with E-state index in [-0.39, 0.29) is 18.4 Å². The maximum Gasteiger partial charge on any atom is 0.242 e. The molecule has 0 saturated heterocycles. The molecule has 5 nitrogen and oxygen atoms in total. The molecule has 1 N–H and O–H groups in total. The Morgan fingerprint density at radius 2 is 2.19 bits per heavy atom. The largest absolute Gasteiger partial charge is 0.347 e. The van der Waals surface area contributed by atoms with Crippen molar-refractivity contribution in [2.45, 2.75) is 13.5 Å². The van der Waals surface area contributed by atoms with Crippen LogP contribution in [0.15, 0.2) is 24.4 Å². The molecular formula is C11H15N3O2. The van der Waals surface area contributed by atoms with Crippen LogP contribution in [0, 0.1) is 0 Å². The zero-order valence-electron chi connectivity index (χ0n) is 9.43. The molecule has 0 radical (unpaired) electrons. The van der Waals surface area contributed by atoms with Gasteiger partial charge in [0.2, 0.25) is 11.8 Å². The second kappa shape index (κ2) is 5.85. The molecule has 0 unspecified atom stereocenters. The molecule has 2 amide bonds. The third-order valence-electron chi connectivity index (χ3n) is 2.04. The first kappa shape index (κ1) is 12.2. The van der Waals surface area contributed by atoms with Crippen molar-refractivity contribution >= 4 is 11.8 Å². The number of likely N-dealkylation sites (N-methyl/N-ethyl adjacent to an activating group) is 1. The molecule has 1 aromatic heterocycles. The van der Waals surface area contributed by atoms with Gasteiger partial charge in [0.25, 0.3) is 0 Å². The summed E-state index contributed by atoms with van der Waals surface area (Å²) in [6, 6.07) is 5.54. The van der Waals surface area contributed by atoms with E-state index in [9.17, 15) is 9.59 Å². The lowest BCUT2D eigenvalue weighted by Crippen LogP contribution is -2.37. The SMILES string of the molecule is CC(=O)NCC(=O)N(C)Cc1ccccn1. The van der Waals surface area contributed by atoms with E-state index in [1.54, 1.807) is 13.2 Å². The standard InChI is InChI=1S/C11H15N3O2/c1-9(15)13-7-11(16)14(2)8-10-5-3-4-6-12-10/h3-6H,7-8H2,1-2H3,(H,13,15). The number of carbonyl (C=O) groups excluding carboxylic acids is 2. The van der Waals surface area contributed by atoms with Crippen molar-refractivity contribution in [3.8, 4) is 0 Å². The minimum absolute atomic E-state index is 0.0265. The number of pyridine rings is 1. The van der Waals surface area contributed by atoms with Gasteiger partial charge >= 0.3 is 0 Å². The highest BCUT2D eigenvalue weighted by atomic mass is 16.2. The molecule has 1 heterocycles. The predicted molar refractivity (Wildman–Crippen MR) is 59.4 cm³/mol. The minimum atomic E-state index is -0.209. The van der Waals surface area contributed by atoms with Crippen LogP contribution in [0.1, 0.15) is 12.6 Å². The molecular weight excluding hydrogens is 206 g/mol. The fourth-order valence-corrected chi connectivity index (χ4v) is 1.16. The highest BCUT2D eigenvalue weighted by molar-refractivity contribution is 5.83. The second-order valence-electron chi connectivity index (χ2n) is 3.48. The quantitative estimate of drug-likeness (QED) is 0.788. The van der Waals surface area contributed by atoms with Gasteiger partial charge in [-0.1, -0.05) is 6.07 Å². The van der Waals surface area contributed by atoms with Crippen LogP contribution in [-0.2, 0) is 16.1 Å². The zero-order chi connectivity index (χ0) is 12.0. The Labute approximate surface area is 94.5 Å². The van der Waals surface area contributed by atoms with Crippen LogP contribution in [0.25, 0.3) is 0 Å². The average molecular weight is 221 g/mol. The molecule has 0 atom stereocenters. The van der Waals surface area contributed by atoms with E-state index in [0.717, 1.165) is 5.69 Å². The third kappa shape index (κ3) is 4.08. The topological polar surface area (TPSA) is 62.3 Å². The van der Waals surface area contributed by atoms with Gasteiger partial charge in [-0.25, -0.2) is 0 Å². The fraction of sp³-hybridized carbons (Fsp3) is 0.364. The summed E-state index contributed by atoms with van der Waals surface area (Å²) in [5.74, 6) is -0.347. The van der Waals surface area contributed by atoms with E-state index in [2.05, 4.69) is 10.3 Å². The molecule has 5 heteroatoms. The monoisotopic (exact) mass is 221 g/mol. The van der Waals surface area contributed by atoms with Crippen LogP contribution < -0.4 is 5.32 Å². The van der Waals surface area contributed by atoms with Crippen molar-refractivity contribution in [3.05, 3.63) is 30.1 Å². The Hall–Kier alpha value is -1.91. The number of aromatic nitrogens is 1. The van der Waals surface area contributed by atoms with Crippen molar-refractivity contribution < 1.29 is 9.59 Å². The highest BCUT2D eigenvalue weighted by Crippen LogP contribution is 1.98. The molecule has 86 valence electrons. The number of rotatable bonds is 4. The van der Waals surface area contributed by atoms with Crippen LogP contribution in [-0.4, -0.2) is 35.3 Å². The van der Waals surface area contributed by atoms with E-state index in [1.807, 2.05) is 18.2 Å². The number of carbonyl (C=O) groups is 2. The molecule has 0 aromatic carbocycles. The third-order valence-corrected chi connectivity index (χ3v) is 2.04. The molecule has 0 aliphatic carbocycles. The smallest absolute Gasteiger partial charge is 0.242 e. The first-order valence-corrected chi connectivity index (χ1v) is 4.98. The summed E-state index contributed by atoms with van der Waals surface area (Å²) in [6.45, 7) is 1.85. The Balaban J connectivity index is 2.43. The first-order valence-electron chi connectivity index (χ1n) is 4.98. The Kier molecular flexibility index (Phi) is 4.44. The number of nitrogens with zero attached hydrogens (tertiary/aromatic N) is 2. The van der Waals surface area contributed by atoms with Gasteiger partial charge in [0, 0.05) is 20.2 Å². The van der Waals surface area contributed by atoms with Gasteiger partial charge in [-0.05, 0) is 12.1 Å². The lowest BCUT2D eigenvalue weighted by Gasteiger charge is -2.16. The van der Waals surface area contributed by atoms with Crippen LogP contribution in [0.4, 0.5) is 0 Å². The summed E-state index contributed by atoms with van der Waals surface area (Å²) in [7, 11) is 1.68. The lowest BCUT2D eigenvalue weighted by molar-refractivity contribution is -0.131. The summed E-state index contributed by atoms with van der Waals surface area (Å²) < 4.78 is 0. The van der Waals surface area contributed by atoms with Gasteiger partial charge in [-0.2, -0.15) is 0 Å². The molecule has 0 saturated carbocycles. The second-order valence-corrected chi connectivity index (χ2v) is 3.48. The van der Waals surface area contributed by atoms with Crippen LogP contribution >= 0.6 is 0 Å². The van der Waals surface area contributed by atoms with Gasteiger partial charge in [0.05, 0.1) is 18.8 Å². The maximum absolute atomic E-state index is 11.5. The van der Waals surface area contributed by atoms with E-state index in [0.29, 0.717) is 6.54 Å². The molecule has 0 aliphatic heterocycles. The van der Waals surface area contributed by atoms with Crippen LogP contribution in [0.5, 0.6) is 0 Å². The van der Waals surface area contributed by atoms with Gasteiger partial charge in [-0.3, -0.25) is 14.6 Å². The Morgan fingerprint density at radius 3 is 2.75 bits per heavy atom. The van der Waals surface area contributed by atoms with Gasteiger partial charge < -0.3 is 10.2 Å². The minimum Gasteiger partial charge on any atom is -0.347 e. The van der Waals surface area contributed by atoms with E-state index in [4.69, 9.17) is 0 Å². The molecule has 0 bridgehead atoms. The van der Waals surface area contributed by atoms with Gasteiger partial charge in [0.1, 0.15) is 0 Å². The maximum atomic E-state index is 11.5. The lowest BCUT2D eigenvalue weighted by atomic mass is 10.3. The predicted octanol–water partition coefficient (Wildman–Crippen LogP) is 0.176. The van der Waals surface area contributed by atoms with Crippen molar-refractivity contribution in [2.75, 3.05) is 13.6 Å². The first-order chi connectivity index (χ1) is 7.59. The Bertz CT molecular complexity index is 365. The normalized spacial score (nSPS) is 9.62. The summed E-state index contributed by atoms with van der Waals surface area (Å²) >= 11 is 0. The highest BCUT2D eigenvalue weighted by Gasteiger charge is 2.09. The van der Waals surface area contributed by atoms with Crippen molar-refractivity contribution in [3.63, 3.8) is 0 Å². The van der Waals surface area contributed by atoms with Gasteiger partial charge in [-0.15, -0.1) is 0 Å². The summed E-state index contributed by atoms with van der Waals surface area (Å²) in [4.78, 5) is 27.8. The van der Waals surface area contributed by atoms with Crippen LogP contribution in [0.3, 0.4) is 0 Å². The zero-order valence-corrected chi connectivity index (χ0v) is 9.43. The molecule has 1 aromatic rings. The van der Waals surface area contributed by atoms with E-state index in [1.165, 1.54) is 11.8 Å². The van der Waals surface area contributed by atoms with Gasteiger partial charge in [0.15, 0.2) is 0 Å². The summed E-state index contributed by atoms with van der Waals surface area (Å²) in [5.41, 5.74) is 0.821. The number of hydrogen-bond acceptors (Lipinski definition) is 3. The Morgan fingerprint density at radius 1 is 1.44 bits per heavy atom.